The van der Waals surface area contributed by atoms with E-state index in [1.807, 2.05) is 12.1 Å². The summed E-state index contributed by atoms with van der Waals surface area (Å²) in [5.41, 5.74) is 1.40. The van der Waals surface area contributed by atoms with E-state index >= 15 is 0 Å². The molecule has 3 rings (SSSR count). The fourth-order valence-corrected chi connectivity index (χ4v) is 3.27. The third-order valence-corrected chi connectivity index (χ3v) is 5.00. The molecule has 2 aromatic rings. The maximum Gasteiger partial charge on any atom is 0.513 e. The zero-order chi connectivity index (χ0) is 21.5. The van der Waals surface area contributed by atoms with Gasteiger partial charge in [-0.2, -0.15) is 0 Å². The number of piperazine rings is 1. The molecular formula is C22H23ClN2O5. The van der Waals surface area contributed by atoms with Gasteiger partial charge in [0.25, 0.3) is 5.91 Å². The first-order valence-electron chi connectivity index (χ1n) is 9.72. The van der Waals surface area contributed by atoms with Crippen LogP contribution in [0.3, 0.4) is 0 Å². The van der Waals surface area contributed by atoms with Crippen LogP contribution in [0.5, 0.6) is 5.75 Å². The number of carbonyl (C=O) groups excluding carboxylic acids is 3. The number of carbonyl (C=O) groups is 3. The number of hydrogen-bond donors (Lipinski definition) is 0. The van der Waals surface area contributed by atoms with Crippen molar-refractivity contribution >= 4 is 29.6 Å². The van der Waals surface area contributed by atoms with Gasteiger partial charge in [-0.25, -0.2) is 4.79 Å². The van der Waals surface area contributed by atoms with Crippen molar-refractivity contribution in [1.29, 1.82) is 0 Å². The summed E-state index contributed by atoms with van der Waals surface area (Å²) >= 11 is 5.88. The number of amides is 2. The summed E-state index contributed by atoms with van der Waals surface area (Å²) in [6.45, 7) is 3.82. The molecule has 1 aliphatic rings. The minimum absolute atomic E-state index is 0.0323. The summed E-state index contributed by atoms with van der Waals surface area (Å²) in [6, 6.07) is 13.5. The van der Waals surface area contributed by atoms with Crippen molar-refractivity contribution in [2.45, 2.75) is 13.3 Å². The number of ether oxygens (including phenoxy) is 2. The van der Waals surface area contributed by atoms with E-state index in [4.69, 9.17) is 21.1 Å². The second kappa shape index (κ2) is 10.1. The van der Waals surface area contributed by atoms with Gasteiger partial charge >= 0.3 is 6.16 Å². The first-order valence-corrected chi connectivity index (χ1v) is 10.1. The van der Waals surface area contributed by atoms with Crippen LogP contribution in [-0.4, -0.2) is 60.6 Å². The predicted octanol–water partition coefficient (Wildman–Crippen LogP) is 3.40. The van der Waals surface area contributed by atoms with E-state index in [1.165, 1.54) is 0 Å². The molecule has 0 aliphatic carbocycles. The van der Waals surface area contributed by atoms with E-state index in [2.05, 4.69) is 0 Å². The van der Waals surface area contributed by atoms with Crippen LogP contribution in [0.4, 0.5) is 4.79 Å². The third-order valence-electron chi connectivity index (χ3n) is 4.75. The number of nitrogens with zero attached hydrogens (tertiary/aromatic N) is 2. The van der Waals surface area contributed by atoms with Gasteiger partial charge in [-0.15, -0.1) is 0 Å². The first kappa shape index (κ1) is 21.6. The van der Waals surface area contributed by atoms with Gasteiger partial charge in [0.15, 0.2) is 0 Å². The van der Waals surface area contributed by atoms with E-state index in [0.29, 0.717) is 48.9 Å². The normalized spacial score (nSPS) is 13.7. The fraction of sp³-hybridized carbons (Fsp3) is 0.318. The molecule has 1 saturated heterocycles. The number of benzene rings is 2. The van der Waals surface area contributed by atoms with E-state index < -0.39 is 6.16 Å². The molecule has 0 saturated carbocycles. The number of halogens is 1. The molecule has 158 valence electrons. The average molecular weight is 431 g/mol. The molecule has 0 N–H and O–H groups in total. The third kappa shape index (κ3) is 5.73. The maximum absolute atomic E-state index is 12.7. The summed E-state index contributed by atoms with van der Waals surface area (Å²) in [5.74, 6) is 0.218. The molecule has 30 heavy (non-hydrogen) atoms. The Hall–Kier alpha value is -3.06. The molecule has 0 radical (unpaired) electrons. The molecule has 2 aromatic carbocycles. The molecule has 0 aromatic heterocycles. The lowest BCUT2D eigenvalue weighted by Crippen LogP contribution is -2.51. The smallest absolute Gasteiger partial charge is 0.434 e. The lowest BCUT2D eigenvalue weighted by Gasteiger charge is -2.35. The molecule has 7 nitrogen and oxygen atoms in total. The fourth-order valence-electron chi connectivity index (χ4n) is 3.14. The summed E-state index contributed by atoms with van der Waals surface area (Å²) < 4.78 is 9.71. The summed E-state index contributed by atoms with van der Waals surface area (Å²) in [7, 11) is 0. The van der Waals surface area contributed by atoms with Crippen LogP contribution in [0.15, 0.2) is 48.5 Å². The van der Waals surface area contributed by atoms with Gasteiger partial charge < -0.3 is 19.3 Å². The topological polar surface area (TPSA) is 76.2 Å². The van der Waals surface area contributed by atoms with Crippen molar-refractivity contribution in [2.75, 3.05) is 32.8 Å². The monoisotopic (exact) mass is 430 g/mol. The maximum atomic E-state index is 12.7. The highest BCUT2D eigenvalue weighted by Gasteiger charge is 2.25. The van der Waals surface area contributed by atoms with Gasteiger partial charge in [0.1, 0.15) is 5.75 Å². The van der Waals surface area contributed by atoms with Crippen molar-refractivity contribution in [2.24, 2.45) is 0 Å². The molecule has 0 spiro atoms. The van der Waals surface area contributed by atoms with Gasteiger partial charge in [-0.3, -0.25) is 9.59 Å². The Bertz CT molecular complexity index is 891. The summed E-state index contributed by atoms with van der Waals surface area (Å²) in [6.07, 6.45) is -0.469. The molecule has 1 heterocycles. The van der Waals surface area contributed by atoms with Crippen molar-refractivity contribution in [3.05, 3.63) is 64.7 Å². The van der Waals surface area contributed by atoms with E-state index in [-0.39, 0.29) is 18.4 Å². The molecule has 2 amide bonds. The SMILES string of the molecule is CCOC(=O)Oc1ccc(C(=O)N2CCN(C(=O)Cc3ccc(Cl)cc3)CC2)cc1. The first-order chi connectivity index (χ1) is 14.5. The minimum atomic E-state index is -0.782. The molecule has 0 atom stereocenters. The van der Waals surface area contributed by atoms with Crippen LogP contribution < -0.4 is 4.74 Å². The highest BCUT2D eigenvalue weighted by atomic mass is 35.5. The second-order valence-corrected chi connectivity index (χ2v) is 7.22. The molecule has 0 unspecified atom stereocenters. The summed E-state index contributed by atoms with van der Waals surface area (Å²) in [5, 5.41) is 0.638. The van der Waals surface area contributed by atoms with Gasteiger partial charge in [0.2, 0.25) is 5.91 Å². The van der Waals surface area contributed by atoms with Crippen LogP contribution in [0.2, 0.25) is 5.02 Å². The highest BCUT2D eigenvalue weighted by Crippen LogP contribution is 2.16. The molecular weight excluding hydrogens is 408 g/mol. The molecule has 8 heteroatoms. The van der Waals surface area contributed by atoms with Crippen molar-refractivity contribution in [3.63, 3.8) is 0 Å². The molecule has 1 aliphatic heterocycles. The van der Waals surface area contributed by atoms with E-state index in [1.54, 1.807) is 53.1 Å². The Kier molecular flexibility index (Phi) is 7.30. The largest absolute Gasteiger partial charge is 0.513 e. The average Bonchev–Trinajstić information content (AvgIpc) is 2.75. The van der Waals surface area contributed by atoms with Crippen LogP contribution in [0.25, 0.3) is 0 Å². The highest BCUT2D eigenvalue weighted by molar-refractivity contribution is 6.30. The van der Waals surface area contributed by atoms with Crippen molar-refractivity contribution < 1.29 is 23.9 Å². The number of rotatable bonds is 5. The Balaban J connectivity index is 1.50. The Morgan fingerprint density at radius 2 is 1.50 bits per heavy atom. The Labute approximate surface area is 180 Å². The van der Waals surface area contributed by atoms with E-state index in [9.17, 15) is 14.4 Å². The van der Waals surface area contributed by atoms with Gasteiger partial charge in [-0.05, 0) is 48.9 Å². The van der Waals surface area contributed by atoms with Gasteiger partial charge in [0, 0.05) is 36.8 Å². The van der Waals surface area contributed by atoms with E-state index in [0.717, 1.165) is 5.56 Å². The molecule has 1 fully saturated rings. The van der Waals surface area contributed by atoms with Crippen LogP contribution in [-0.2, 0) is 16.0 Å². The van der Waals surface area contributed by atoms with Crippen LogP contribution in [0, 0.1) is 0 Å². The van der Waals surface area contributed by atoms with Gasteiger partial charge in [-0.1, -0.05) is 23.7 Å². The Morgan fingerprint density at radius 3 is 2.10 bits per heavy atom. The summed E-state index contributed by atoms with van der Waals surface area (Å²) in [4.78, 5) is 40.0. The molecule has 0 bridgehead atoms. The Morgan fingerprint density at radius 1 is 0.900 bits per heavy atom. The van der Waals surface area contributed by atoms with Gasteiger partial charge in [0.05, 0.1) is 13.0 Å². The number of hydrogen-bond acceptors (Lipinski definition) is 5. The standard InChI is InChI=1S/C22H23ClN2O5/c1-2-29-22(28)30-19-9-5-17(6-10-19)21(27)25-13-11-24(12-14-25)20(26)15-16-3-7-18(23)8-4-16/h3-10H,2,11-15H2,1H3. The van der Waals surface area contributed by atoms with Crippen molar-refractivity contribution in [1.82, 2.24) is 9.80 Å². The zero-order valence-corrected chi connectivity index (χ0v) is 17.4. The quantitative estimate of drug-likeness (QED) is 0.536. The van der Waals surface area contributed by atoms with Crippen LogP contribution in [0.1, 0.15) is 22.8 Å². The van der Waals surface area contributed by atoms with Crippen LogP contribution >= 0.6 is 11.6 Å². The minimum Gasteiger partial charge on any atom is -0.434 e. The lowest BCUT2D eigenvalue weighted by molar-refractivity contribution is -0.131. The predicted molar refractivity (Wildman–Crippen MR) is 112 cm³/mol. The second-order valence-electron chi connectivity index (χ2n) is 6.79. The van der Waals surface area contributed by atoms with Crippen molar-refractivity contribution in [3.8, 4) is 5.75 Å². The zero-order valence-electron chi connectivity index (χ0n) is 16.7. The lowest BCUT2D eigenvalue weighted by atomic mass is 10.1.